The lowest BCUT2D eigenvalue weighted by Gasteiger charge is -2.10. The SMILES string of the molecule is Fc1ccc2nc(CCl)n(-c3ccccc3Br)c2c1F. The Bertz CT molecular complexity index is 801. The van der Waals surface area contributed by atoms with E-state index in [9.17, 15) is 8.78 Å². The number of hydrogen-bond acceptors (Lipinski definition) is 1. The molecule has 102 valence electrons. The zero-order valence-electron chi connectivity index (χ0n) is 10.1. The molecule has 0 fully saturated rings. The molecular weight excluding hydrogens is 350 g/mol. The number of aromatic nitrogens is 2. The van der Waals surface area contributed by atoms with Gasteiger partial charge in [0.2, 0.25) is 0 Å². The van der Waals surface area contributed by atoms with Gasteiger partial charge in [0.15, 0.2) is 11.6 Å². The normalized spacial score (nSPS) is 11.2. The fraction of sp³-hybridized carbons (Fsp3) is 0.0714. The van der Waals surface area contributed by atoms with Crippen molar-refractivity contribution in [2.45, 2.75) is 5.88 Å². The Morgan fingerprint density at radius 1 is 1.15 bits per heavy atom. The molecule has 0 amide bonds. The quantitative estimate of drug-likeness (QED) is 0.602. The summed E-state index contributed by atoms with van der Waals surface area (Å²) in [6.45, 7) is 0. The van der Waals surface area contributed by atoms with Crippen LogP contribution in [0, 0.1) is 11.6 Å². The van der Waals surface area contributed by atoms with Crippen LogP contribution in [0.25, 0.3) is 16.7 Å². The standard InChI is InChI=1S/C14H8BrClF2N2/c15-8-3-1-2-4-11(8)20-12(7-16)19-10-6-5-9(17)13(18)14(10)20/h1-6H,7H2. The predicted octanol–water partition coefficient (Wildman–Crippen LogP) is 4.81. The molecule has 0 spiro atoms. The van der Waals surface area contributed by atoms with Crippen LogP contribution in [-0.2, 0) is 5.88 Å². The lowest BCUT2D eigenvalue weighted by atomic mass is 10.2. The highest BCUT2D eigenvalue weighted by Gasteiger charge is 2.19. The number of para-hydroxylation sites is 1. The van der Waals surface area contributed by atoms with Crippen molar-refractivity contribution in [3.05, 3.63) is 58.3 Å². The Balaban J connectivity index is 2.45. The van der Waals surface area contributed by atoms with Crippen molar-refractivity contribution in [2.24, 2.45) is 0 Å². The molecule has 0 saturated carbocycles. The largest absolute Gasteiger partial charge is 0.291 e. The Hall–Kier alpha value is -1.46. The van der Waals surface area contributed by atoms with E-state index < -0.39 is 11.6 Å². The topological polar surface area (TPSA) is 17.8 Å². The molecule has 0 aliphatic carbocycles. The molecule has 3 aromatic rings. The molecule has 0 unspecified atom stereocenters. The maximum atomic E-state index is 14.1. The van der Waals surface area contributed by atoms with Crippen LogP contribution in [0.15, 0.2) is 40.9 Å². The minimum absolute atomic E-state index is 0.0903. The van der Waals surface area contributed by atoms with Crippen molar-refractivity contribution in [1.29, 1.82) is 0 Å². The molecule has 0 N–H and O–H groups in total. The fourth-order valence-corrected chi connectivity index (χ4v) is 2.77. The highest BCUT2D eigenvalue weighted by molar-refractivity contribution is 9.10. The first-order valence-electron chi connectivity index (χ1n) is 5.79. The zero-order valence-corrected chi connectivity index (χ0v) is 12.4. The van der Waals surface area contributed by atoms with Gasteiger partial charge in [0.1, 0.15) is 11.3 Å². The molecule has 20 heavy (non-hydrogen) atoms. The lowest BCUT2D eigenvalue weighted by Crippen LogP contribution is -2.02. The van der Waals surface area contributed by atoms with Crippen LogP contribution in [-0.4, -0.2) is 9.55 Å². The highest BCUT2D eigenvalue weighted by atomic mass is 79.9. The van der Waals surface area contributed by atoms with E-state index in [0.29, 0.717) is 17.0 Å². The van der Waals surface area contributed by atoms with E-state index >= 15 is 0 Å². The van der Waals surface area contributed by atoms with E-state index in [2.05, 4.69) is 20.9 Å². The van der Waals surface area contributed by atoms with E-state index in [4.69, 9.17) is 11.6 Å². The summed E-state index contributed by atoms with van der Waals surface area (Å²) in [5, 5.41) is 0. The van der Waals surface area contributed by atoms with Crippen LogP contribution in [0.3, 0.4) is 0 Å². The summed E-state index contributed by atoms with van der Waals surface area (Å²) >= 11 is 9.29. The average molecular weight is 358 g/mol. The highest BCUT2D eigenvalue weighted by Crippen LogP contribution is 2.30. The second kappa shape index (κ2) is 5.14. The third-order valence-electron chi connectivity index (χ3n) is 2.99. The van der Waals surface area contributed by atoms with Crippen LogP contribution in [0.4, 0.5) is 8.78 Å². The number of halogens is 4. The molecule has 2 aromatic carbocycles. The first kappa shape index (κ1) is 13.5. The summed E-state index contributed by atoms with van der Waals surface area (Å²) < 4.78 is 29.9. The molecule has 2 nitrogen and oxygen atoms in total. The number of nitrogens with zero attached hydrogens (tertiary/aromatic N) is 2. The second-order valence-corrected chi connectivity index (χ2v) is 5.30. The van der Waals surface area contributed by atoms with Crippen molar-refractivity contribution in [3.63, 3.8) is 0 Å². The molecule has 0 radical (unpaired) electrons. The van der Waals surface area contributed by atoms with E-state index in [-0.39, 0.29) is 11.4 Å². The van der Waals surface area contributed by atoms with E-state index in [0.717, 1.165) is 10.5 Å². The third-order valence-corrected chi connectivity index (χ3v) is 3.90. The number of imidazole rings is 1. The van der Waals surface area contributed by atoms with Gasteiger partial charge in [0.25, 0.3) is 0 Å². The van der Waals surface area contributed by atoms with Crippen LogP contribution in [0.1, 0.15) is 5.82 Å². The van der Waals surface area contributed by atoms with Crippen LogP contribution in [0.2, 0.25) is 0 Å². The van der Waals surface area contributed by atoms with Crippen LogP contribution < -0.4 is 0 Å². The molecular formula is C14H8BrClF2N2. The fourth-order valence-electron chi connectivity index (χ4n) is 2.13. The van der Waals surface area contributed by atoms with Gasteiger partial charge in [-0.2, -0.15) is 0 Å². The maximum Gasteiger partial charge on any atom is 0.185 e. The van der Waals surface area contributed by atoms with Gasteiger partial charge < -0.3 is 0 Å². The molecule has 3 rings (SSSR count). The average Bonchev–Trinajstić information content (AvgIpc) is 2.82. The number of alkyl halides is 1. The first-order chi connectivity index (χ1) is 9.63. The van der Waals surface area contributed by atoms with E-state index in [1.165, 1.54) is 10.6 Å². The molecule has 0 saturated heterocycles. The van der Waals surface area contributed by atoms with Gasteiger partial charge in [-0.15, -0.1) is 11.6 Å². The first-order valence-corrected chi connectivity index (χ1v) is 7.12. The molecule has 0 atom stereocenters. The maximum absolute atomic E-state index is 14.1. The van der Waals surface area contributed by atoms with Gasteiger partial charge in [-0.25, -0.2) is 13.8 Å². The Kier molecular flexibility index (Phi) is 3.48. The van der Waals surface area contributed by atoms with Crippen molar-refractivity contribution < 1.29 is 8.78 Å². The molecule has 1 heterocycles. The molecule has 0 aliphatic rings. The van der Waals surface area contributed by atoms with Gasteiger partial charge in [-0.3, -0.25) is 4.57 Å². The summed E-state index contributed by atoms with van der Waals surface area (Å²) in [6, 6.07) is 9.75. The Morgan fingerprint density at radius 3 is 2.60 bits per heavy atom. The summed E-state index contributed by atoms with van der Waals surface area (Å²) in [7, 11) is 0. The van der Waals surface area contributed by atoms with Crippen LogP contribution in [0.5, 0.6) is 0 Å². The minimum atomic E-state index is -0.929. The third kappa shape index (κ3) is 2.01. The monoisotopic (exact) mass is 356 g/mol. The van der Waals surface area contributed by atoms with Crippen molar-refractivity contribution in [1.82, 2.24) is 9.55 Å². The smallest absolute Gasteiger partial charge is 0.185 e. The lowest BCUT2D eigenvalue weighted by molar-refractivity contribution is 0.514. The number of benzene rings is 2. The van der Waals surface area contributed by atoms with Crippen molar-refractivity contribution in [2.75, 3.05) is 0 Å². The van der Waals surface area contributed by atoms with Gasteiger partial charge in [-0.1, -0.05) is 12.1 Å². The number of hydrogen-bond donors (Lipinski definition) is 0. The number of fused-ring (bicyclic) bond motifs is 1. The van der Waals surface area contributed by atoms with Gasteiger partial charge >= 0.3 is 0 Å². The summed E-state index contributed by atoms with van der Waals surface area (Å²) in [6.07, 6.45) is 0. The predicted molar refractivity (Wildman–Crippen MR) is 78.2 cm³/mol. The Morgan fingerprint density at radius 2 is 1.90 bits per heavy atom. The summed E-state index contributed by atoms with van der Waals surface area (Å²) in [5.74, 6) is -1.29. The molecule has 1 aromatic heterocycles. The van der Waals surface area contributed by atoms with Gasteiger partial charge in [0, 0.05) is 4.47 Å². The molecule has 0 aliphatic heterocycles. The zero-order chi connectivity index (χ0) is 14.3. The molecule has 0 bridgehead atoms. The van der Waals surface area contributed by atoms with Crippen molar-refractivity contribution >= 4 is 38.6 Å². The van der Waals surface area contributed by atoms with E-state index in [1.807, 2.05) is 12.1 Å². The minimum Gasteiger partial charge on any atom is -0.291 e. The summed E-state index contributed by atoms with van der Waals surface area (Å²) in [5.41, 5.74) is 1.12. The Labute approximate surface area is 127 Å². The second-order valence-electron chi connectivity index (χ2n) is 4.18. The van der Waals surface area contributed by atoms with Crippen molar-refractivity contribution in [3.8, 4) is 5.69 Å². The van der Waals surface area contributed by atoms with Crippen LogP contribution >= 0.6 is 27.5 Å². The van der Waals surface area contributed by atoms with Gasteiger partial charge in [0.05, 0.1) is 17.1 Å². The van der Waals surface area contributed by atoms with Gasteiger partial charge in [-0.05, 0) is 40.2 Å². The van der Waals surface area contributed by atoms with E-state index in [1.54, 1.807) is 12.1 Å². The molecule has 6 heteroatoms. The number of rotatable bonds is 2. The summed E-state index contributed by atoms with van der Waals surface area (Å²) in [4.78, 5) is 4.25.